The zero-order valence-electron chi connectivity index (χ0n) is 9.16. The molecule has 0 saturated heterocycles. The Morgan fingerprint density at radius 3 is 2.80 bits per heavy atom. The number of nitrogens with two attached hydrogens (primary N) is 2. The van der Waals surface area contributed by atoms with Crippen molar-refractivity contribution in [3.63, 3.8) is 0 Å². The molecule has 0 bridgehead atoms. The predicted molar refractivity (Wildman–Crippen MR) is 62.6 cm³/mol. The molecular weight excluding hydrogens is 192 g/mol. The number of pyridine rings is 1. The number of rotatable bonds is 5. The Bertz CT molecular complexity index is 316. The molecule has 0 aliphatic heterocycles. The molecule has 0 aliphatic carbocycles. The van der Waals surface area contributed by atoms with Crippen LogP contribution in [0.3, 0.4) is 0 Å². The molecule has 1 unspecified atom stereocenters. The van der Waals surface area contributed by atoms with Crippen molar-refractivity contribution in [2.45, 2.75) is 19.9 Å². The summed E-state index contributed by atoms with van der Waals surface area (Å²) < 4.78 is 5.28. The van der Waals surface area contributed by atoms with Gasteiger partial charge in [-0.2, -0.15) is 0 Å². The van der Waals surface area contributed by atoms with E-state index < -0.39 is 0 Å². The molecule has 0 radical (unpaired) electrons. The molecule has 0 aromatic carbocycles. The van der Waals surface area contributed by atoms with Gasteiger partial charge in [0, 0.05) is 12.6 Å². The van der Waals surface area contributed by atoms with Gasteiger partial charge in [0.05, 0.1) is 12.3 Å². The van der Waals surface area contributed by atoms with Crippen LogP contribution in [0, 0.1) is 0 Å². The highest BCUT2D eigenvalue weighted by Gasteiger charge is 2.04. The van der Waals surface area contributed by atoms with E-state index in [0.717, 1.165) is 0 Å². The molecule has 0 aliphatic rings. The first-order valence-electron chi connectivity index (χ1n) is 4.99. The van der Waals surface area contributed by atoms with Gasteiger partial charge in [-0.1, -0.05) is 0 Å². The average molecular weight is 210 g/mol. The van der Waals surface area contributed by atoms with Crippen LogP contribution in [0.5, 0.6) is 0 Å². The molecule has 1 heterocycles. The third-order valence-corrected chi connectivity index (χ3v) is 1.92. The monoisotopic (exact) mass is 210 g/mol. The van der Waals surface area contributed by atoms with Gasteiger partial charge >= 0.3 is 0 Å². The Morgan fingerprint density at radius 1 is 1.47 bits per heavy atom. The van der Waals surface area contributed by atoms with Crippen molar-refractivity contribution in [1.29, 1.82) is 0 Å². The quantitative estimate of drug-likeness (QED) is 0.677. The van der Waals surface area contributed by atoms with E-state index in [9.17, 15) is 0 Å². The maximum Gasteiger partial charge on any atom is 0.149 e. The van der Waals surface area contributed by atoms with Gasteiger partial charge in [-0.25, -0.2) is 4.98 Å². The molecule has 5 N–H and O–H groups in total. The summed E-state index contributed by atoms with van der Waals surface area (Å²) in [7, 11) is 0. The van der Waals surface area contributed by atoms with E-state index in [1.54, 1.807) is 12.1 Å². The number of nitrogens with one attached hydrogen (secondary N) is 1. The Hall–Kier alpha value is -1.49. The van der Waals surface area contributed by atoms with Crippen LogP contribution in [0.25, 0.3) is 0 Å². The summed E-state index contributed by atoms with van der Waals surface area (Å²) in [6.07, 6.45) is 0. The van der Waals surface area contributed by atoms with Crippen molar-refractivity contribution < 1.29 is 4.74 Å². The maximum absolute atomic E-state index is 5.59. The van der Waals surface area contributed by atoms with Crippen molar-refractivity contribution in [2.24, 2.45) is 0 Å². The fraction of sp³-hybridized carbons (Fsp3) is 0.500. The molecule has 1 aromatic heterocycles. The summed E-state index contributed by atoms with van der Waals surface area (Å²) in [6, 6.07) is 3.73. The number of hydrogen-bond acceptors (Lipinski definition) is 5. The molecule has 5 nitrogen and oxygen atoms in total. The van der Waals surface area contributed by atoms with Crippen LogP contribution < -0.4 is 16.8 Å². The Labute approximate surface area is 89.8 Å². The topological polar surface area (TPSA) is 86.2 Å². The molecule has 1 aromatic rings. The molecule has 15 heavy (non-hydrogen) atoms. The minimum Gasteiger partial charge on any atom is -0.396 e. The van der Waals surface area contributed by atoms with Crippen LogP contribution in [0.15, 0.2) is 12.1 Å². The van der Waals surface area contributed by atoms with Gasteiger partial charge in [0.15, 0.2) is 0 Å². The smallest absolute Gasteiger partial charge is 0.149 e. The van der Waals surface area contributed by atoms with Gasteiger partial charge in [-0.05, 0) is 26.0 Å². The highest BCUT2D eigenvalue weighted by atomic mass is 16.5. The van der Waals surface area contributed by atoms with E-state index in [4.69, 9.17) is 16.2 Å². The molecule has 0 saturated carbocycles. The van der Waals surface area contributed by atoms with Crippen molar-refractivity contribution in [3.8, 4) is 0 Å². The van der Waals surface area contributed by atoms with Crippen molar-refractivity contribution in [2.75, 3.05) is 30.0 Å². The third-order valence-electron chi connectivity index (χ3n) is 1.92. The summed E-state index contributed by atoms with van der Waals surface area (Å²) in [5.41, 5.74) is 11.6. The van der Waals surface area contributed by atoms with Crippen LogP contribution in [0.2, 0.25) is 0 Å². The van der Waals surface area contributed by atoms with Crippen molar-refractivity contribution in [3.05, 3.63) is 12.1 Å². The normalized spacial score (nSPS) is 12.4. The molecular formula is C10H18N4O. The summed E-state index contributed by atoms with van der Waals surface area (Å²) in [6.45, 7) is 5.34. The van der Waals surface area contributed by atoms with E-state index in [-0.39, 0.29) is 6.04 Å². The number of aromatic nitrogens is 1. The molecule has 1 rings (SSSR count). The molecule has 0 amide bonds. The fourth-order valence-electron chi connectivity index (χ4n) is 1.15. The number of nitrogens with zero attached hydrogens (tertiary/aromatic N) is 1. The van der Waals surface area contributed by atoms with Gasteiger partial charge in [0.2, 0.25) is 0 Å². The zero-order chi connectivity index (χ0) is 11.3. The van der Waals surface area contributed by atoms with Crippen LogP contribution >= 0.6 is 0 Å². The Kier molecular flexibility index (Phi) is 4.17. The van der Waals surface area contributed by atoms with Crippen LogP contribution in [0.4, 0.5) is 17.3 Å². The number of hydrogen-bond donors (Lipinski definition) is 3. The van der Waals surface area contributed by atoms with Gasteiger partial charge in [-0.15, -0.1) is 0 Å². The molecule has 1 atom stereocenters. The minimum absolute atomic E-state index is 0.195. The van der Waals surface area contributed by atoms with Crippen molar-refractivity contribution >= 4 is 17.3 Å². The number of ether oxygens (including phenoxy) is 1. The standard InChI is InChI=1S/C10H18N4O/c1-3-15-6-7(2)13-9-5-4-8(11)10(12)14-9/h4-5,7H,3,6,11H2,1-2H3,(H3,12,13,14). The van der Waals surface area contributed by atoms with Gasteiger partial charge < -0.3 is 21.5 Å². The highest BCUT2D eigenvalue weighted by molar-refractivity contribution is 5.61. The highest BCUT2D eigenvalue weighted by Crippen LogP contribution is 2.15. The second kappa shape index (κ2) is 5.41. The Balaban J connectivity index is 2.53. The first-order chi connectivity index (χ1) is 7.13. The van der Waals surface area contributed by atoms with E-state index in [2.05, 4.69) is 10.3 Å². The minimum atomic E-state index is 0.195. The first kappa shape index (κ1) is 11.6. The van der Waals surface area contributed by atoms with Crippen LogP contribution in [-0.4, -0.2) is 24.2 Å². The van der Waals surface area contributed by atoms with E-state index >= 15 is 0 Å². The lowest BCUT2D eigenvalue weighted by atomic mass is 10.3. The lowest BCUT2D eigenvalue weighted by Crippen LogP contribution is -2.22. The number of anilines is 3. The van der Waals surface area contributed by atoms with Gasteiger partial charge in [0.1, 0.15) is 11.6 Å². The predicted octanol–water partition coefficient (Wildman–Crippen LogP) is 1.08. The van der Waals surface area contributed by atoms with Gasteiger partial charge in [-0.3, -0.25) is 0 Å². The lowest BCUT2D eigenvalue weighted by molar-refractivity contribution is 0.141. The number of nitrogen functional groups attached to an aromatic ring is 2. The average Bonchev–Trinajstić information content (AvgIpc) is 2.20. The lowest BCUT2D eigenvalue weighted by Gasteiger charge is -2.14. The SMILES string of the molecule is CCOCC(C)Nc1ccc(N)c(N)n1. The maximum atomic E-state index is 5.59. The molecule has 0 spiro atoms. The third kappa shape index (κ3) is 3.63. The summed E-state index contributed by atoms with van der Waals surface area (Å²) in [4.78, 5) is 4.11. The summed E-state index contributed by atoms with van der Waals surface area (Å²) in [5.74, 6) is 1.07. The van der Waals surface area contributed by atoms with Crippen LogP contribution in [-0.2, 0) is 4.74 Å². The molecule has 0 fully saturated rings. The summed E-state index contributed by atoms with van der Waals surface area (Å²) >= 11 is 0. The molecule has 84 valence electrons. The van der Waals surface area contributed by atoms with E-state index in [0.29, 0.717) is 30.5 Å². The van der Waals surface area contributed by atoms with Crippen LogP contribution in [0.1, 0.15) is 13.8 Å². The fourth-order valence-corrected chi connectivity index (χ4v) is 1.15. The molecule has 5 heteroatoms. The van der Waals surface area contributed by atoms with E-state index in [1.165, 1.54) is 0 Å². The summed E-state index contributed by atoms with van der Waals surface area (Å²) in [5, 5.41) is 3.17. The Morgan fingerprint density at radius 2 is 2.20 bits per heavy atom. The largest absolute Gasteiger partial charge is 0.396 e. The second-order valence-electron chi connectivity index (χ2n) is 3.38. The van der Waals surface area contributed by atoms with Gasteiger partial charge in [0.25, 0.3) is 0 Å². The second-order valence-corrected chi connectivity index (χ2v) is 3.38. The first-order valence-corrected chi connectivity index (χ1v) is 4.99. The zero-order valence-corrected chi connectivity index (χ0v) is 9.16. The van der Waals surface area contributed by atoms with E-state index in [1.807, 2.05) is 13.8 Å². The van der Waals surface area contributed by atoms with Crippen molar-refractivity contribution in [1.82, 2.24) is 4.98 Å².